The van der Waals surface area contributed by atoms with Crippen molar-refractivity contribution in [3.63, 3.8) is 0 Å². The summed E-state index contributed by atoms with van der Waals surface area (Å²) in [6, 6.07) is 5.91. The highest BCUT2D eigenvalue weighted by atomic mass is 16.6. The molecule has 4 nitrogen and oxygen atoms in total. The van der Waals surface area contributed by atoms with Gasteiger partial charge in [-0.15, -0.1) is 0 Å². The van der Waals surface area contributed by atoms with Gasteiger partial charge >= 0.3 is 11.9 Å². The van der Waals surface area contributed by atoms with E-state index in [4.69, 9.17) is 9.47 Å². The Hall–Kier alpha value is -1.84. The molecular weight excluding hydrogens is 232 g/mol. The van der Waals surface area contributed by atoms with Crippen molar-refractivity contribution in [2.45, 2.75) is 25.7 Å². The van der Waals surface area contributed by atoms with Gasteiger partial charge < -0.3 is 9.47 Å². The van der Waals surface area contributed by atoms with E-state index in [0.717, 1.165) is 17.7 Å². The van der Waals surface area contributed by atoms with Gasteiger partial charge in [-0.25, -0.2) is 0 Å². The predicted octanol–water partition coefficient (Wildman–Crippen LogP) is 1.64. The molecule has 0 N–H and O–H groups in total. The van der Waals surface area contributed by atoms with E-state index < -0.39 is 11.4 Å². The average molecular weight is 246 g/mol. The van der Waals surface area contributed by atoms with E-state index in [0.29, 0.717) is 12.8 Å². The van der Waals surface area contributed by atoms with Crippen LogP contribution in [-0.2, 0) is 27.2 Å². The second kappa shape index (κ2) is 3.83. The largest absolute Gasteiger partial charge is 0.497 e. The summed E-state index contributed by atoms with van der Waals surface area (Å²) in [4.78, 5) is 23.1. The molecule has 1 fully saturated rings. The first-order valence-electron chi connectivity index (χ1n) is 6.04. The first kappa shape index (κ1) is 11.3. The molecule has 2 aliphatic rings. The molecule has 0 amide bonds. The second-order valence-electron chi connectivity index (χ2n) is 5.03. The summed E-state index contributed by atoms with van der Waals surface area (Å²) in [5, 5.41) is 0. The molecule has 1 spiro atoms. The van der Waals surface area contributed by atoms with Crippen LogP contribution in [-0.4, -0.2) is 19.0 Å². The monoisotopic (exact) mass is 246 g/mol. The lowest BCUT2D eigenvalue weighted by molar-refractivity contribution is -0.155. The minimum atomic E-state index is -0.629. The lowest BCUT2D eigenvalue weighted by Gasteiger charge is -2.30. The first-order chi connectivity index (χ1) is 8.63. The number of cyclic esters (lactones) is 2. The van der Waals surface area contributed by atoms with Gasteiger partial charge in [0.05, 0.1) is 18.9 Å². The Balaban J connectivity index is 1.97. The highest BCUT2D eigenvalue weighted by molar-refractivity contribution is 5.97. The fourth-order valence-corrected chi connectivity index (χ4v) is 2.89. The van der Waals surface area contributed by atoms with Gasteiger partial charge in [0.25, 0.3) is 0 Å². The summed E-state index contributed by atoms with van der Waals surface area (Å²) >= 11 is 0. The minimum Gasteiger partial charge on any atom is -0.497 e. The Labute approximate surface area is 105 Å². The van der Waals surface area contributed by atoms with E-state index in [2.05, 4.69) is 0 Å². The van der Waals surface area contributed by atoms with E-state index in [1.165, 1.54) is 5.56 Å². The average Bonchev–Trinajstić information content (AvgIpc) is 2.63. The Morgan fingerprint density at radius 2 is 2.06 bits per heavy atom. The molecule has 1 aliphatic carbocycles. The molecule has 0 saturated carbocycles. The molecular formula is C14H14O4. The standard InChI is InChI=1S/C14H14O4/c1-17-11-3-2-9-4-5-14(7-10(9)6-11)8-12(15)18-13(14)16/h2-3,6H,4-5,7-8H2,1H3. The fraction of sp³-hybridized carbons (Fsp3) is 0.429. The summed E-state index contributed by atoms with van der Waals surface area (Å²) in [5.74, 6) is 0.0239. The maximum Gasteiger partial charge on any atom is 0.320 e. The summed E-state index contributed by atoms with van der Waals surface area (Å²) in [7, 11) is 1.62. The molecule has 1 unspecified atom stereocenters. The van der Waals surface area contributed by atoms with Gasteiger partial charge in [0.2, 0.25) is 0 Å². The van der Waals surface area contributed by atoms with Crippen LogP contribution < -0.4 is 4.74 Å². The molecule has 18 heavy (non-hydrogen) atoms. The van der Waals surface area contributed by atoms with Crippen LogP contribution in [0.2, 0.25) is 0 Å². The zero-order valence-corrected chi connectivity index (χ0v) is 10.2. The van der Waals surface area contributed by atoms with Crippen LogP contribution in [0, 0.1) is 5.41 Å². The summed E-state index contributed by atoms with van der Waals surface area (Å²) < 4.78 is 9.91. The molecule has 0 bridgehead atoms. The lowest BCUT2D eigenvalue weighted by Crippen LogP contribution is -2.33. The number of carbonyl (C=O) groups is 2. The molecule has 94 valence electrons. The molecule has 0 radical (unpaired) electrons. The highest BCUT2D eigenvalue weighted by Gasteiger charge is 2.50. The molecule has 1 aromatic rings. The van der Waals surface area contributed by atoms with Crippen LogP contribution in [0.25, 0.3) is 0 Å². The van der Waals surface area contributed by atoms with Crippen molar-refractivity contribution in [1.29, 1.82) is 0 Å². The smallest absolute Gasteiger partial charge is 0.320 e. The topological polar surface area (TPSA) is 52.6 Å². The van der Waals surface area contributed by atoms with E-state index in [1.807, 2.05) is 18.2 Å². The quantitative estimate of drug-likeness (QED) is 0.558. The van der Waals surface area contributed by atoms with Crippen LogP contribution in [0.15, 0.2) is 18.2 Å². The molecule has 3 rings (SSSR count). The minimum absolute atomic E-state index is 0.211. The van der Waals surface area contributed by atoms with Gasteiger partial charge in [-0.05, 0) is 42.5 Å². The summed E-state index contributed by atoms with van der Waals surface area (Å²) in [6.45, 7) is 0. The van der Waals surface area contributed by atoms with Gasteiger partial charge in [-0.1, -0.05) is 6.07 Å². The molecule has 4 heteroatoms. The molecule has 1 aromatic carbocycles. The number of ether oxygens (including phenoxy) is 2. The van der Waals surface area contributed by atoms with Crippen LogP contribution >= 0.6 is 0 Å². The highest BCUT2D eigenvalue weighted by Crippen LogP contribution is 2.43. The number of carbonyl (C=O) groups excluding carboxylic acids is 2. The van der Waals surface area contributed by atoms with Crippen LogP contribution in [0.1, 0.15) is 24.0 Å². The number of fused-ring (bicyclic) bond motifs is 1. The van der Waals surface area contributed by atoms with Gasteiger partial charge in [0.1, 0.15) is 5.75 Å². The molecule has 1 atom stereocenters. The van der Waals surface area contributed by atoms with Crippen molar-refractivity contribution in [1.82, 2.24) is 0 Å². The molecule has 1 saturated heterocycles. The molecule has 1 aliphatic heterocycles. The van der Waals surface area contributed by atoms with Crippen molar-refractivity contribution < 1.29 is 19.1 Å². The number of hydrogen-bond donors (Lipinski definition) is 0. The summed E-state index contributed by atoms with van der Waals surface area (Å²) in [6.07, 6.45) is 2.28. The van der Waals surface area contributed by atoms with Gasteiger partial charge in [-0.3, -0.25) is 9.59 Å². The van der Waals surface area contributed by atoms with Crippen LogP contribution in [0.3, 0.4) is 0 Å². The van der Waals surface area contributed by atoms with Gasteiger partial charge in [0.15, 0.2) is 0 Å². The van der Waals surface area contributed by atoms with Crippen molar-refractivity contribution in [3.05, 3.63) is 29.3 Å². The van der Waals surface area contributed by atoms with Crippen molar-refractivity contribution in [3.8, 4) is 5.75 Å². The molecule has 0 aromatic heterocycles. The Kier molecular flexibility index (Phi) is 2.40. The van der Waals surface area contributed by atoms with Crippen molar-refractivity contribution >= 4 is 11.9 Å². The predicted molar refractivity (Wildman–Crippen MR) is 63.2 cm³/mol. The van der Waals surface area contributed by atoms with E-state index in [9.17, 15) is 9.59 Å². The third-order valence-corrected chi connectivity index (χ3v) is 3.94. The van der Waals surface area contributed by atoms with Crippen molar-refractivity contribution in [2.75, 3.05) is 7.11 Å². The maximum absolute atomic E-state index is 11.9. The zero-order chi connectivity index (χ0) is 12.8. The number of aryl methyl sites for hydroxylation is 1. The zero-order valence-electron chi connectivity index (χ0n) is 10.2. The Bertz CT molecular complexity index is 535. The Morgan fingerprint density at radius 3 is 2.72 bits per heavy atom. The van der Waals surface area contributed by atoms with E-state index in [-0.39, 0.29) is 12.4 Å². The summed E-state index contributed by atoms with van der Waals surface area (Å²) in [5.41, 5.74) is 1.69. The lowest BCUT2D eigenvalue weighted by atomic mass is 9.70. The van der Waals surface area contributed by atoms with Crippen LogP contribution in [0.4, 0.5) is 0 Å². The van der Waals surface area contributed by atoms with E-state index >= 15 is 0 Å². The molecule has 1 heterocycles. The normalized spacial score (nSPS) is 26.1. The number of methoxy groups -OCH3 is 1. The second-order valence-corrected chi connectivity index (χ2v) is 5.03. The van der Waals surface area contributed by atoms with Crippen molar-refractivity contribution in [2.24, 2.45) is 5.41 Å². The fourth-order valence-electron chi connectivity index (χ4n) is 2.89. The number of hydrogen-bond acceptors (Lipinski definition) is 4. The Morgan fingerprint density at radius 1 is 1.22 bits per heavy atom. The third-order valence-electron chi connectivity index (χ3n) is 3.94. The number of benzene rings is 1. The van der Waals surface area contributed by atoms with Crippen LogP contribution in [0.5, 0.6) is 5.75 Å². The maximum atomic E-state index is 11.9. The number of esters is 2. The van der Waals surface area contributed by atoms with Gasteiger partial charge in [-0.2, -0.15) is 0 Å². The number of rotatable bonds is 1. The van der Waals surface area contributed by atoms with Gasteiger partial charge in [0, 0.05) is 0 Å². The first-order valence-corrected chi connectivity index (χ1v) is 6.04. The third kappa shape index (κ3) is 1.60. The SMILES string of the molecule is COc1ccc2c(c1)CC1(CC2)CC(=O)OC1=O. The van der Waals surface area contributed by atoms with E-state index in [1.54, 1.807) is 7.11 Å².